The molecule has 1 saturated heterocycles. The van der Waals surface area contributed by atoms with Crippen LogP contribution in [0.1, 0.15) is 42.4 Å². The molecule has 0 bridgehead atoms. The fourth-order valence-electron chi connectivity index (χ4n) is 5.80. The number of amides is 2. The third kappa shape index (κ3) is 3.63. The number of aryl methyl sites for hydroxylation is 1. The molecule has 2 saturated carbocycles. The lowest BCUT2D eigenvalue weighted by atomic mass is 9.95. The second-order valence-electron chi connectivity index (χ2n) is 11.4. The summed E-state index contributed by atoms with van der Waals surface area (Å²) in [5.41, 5.74) is 3.11. The highest BCUT2D eigenvalue weighted by molar-refractivity contribution is 6.17. The summed E-state index contributed by atoms with van der Waals surface area (Å²) < 4.78 is 0. The molecule has 190 valence electrons. The lowest BCUT2D eigenvalue weighted by Crippen LogP contribution is -2.57. The van der Waals surface area contributed by atoms with Crippen molar-refractivity contribution in [1.82, 2.24) is 9.80 Å². The molecule has 1 spiro atoms. The summed E-state index contributed by atoms with van der Waals surface area (Å²) in [5, 5.41) is 21.4. The van der Waals surface area contributed by atoms with Gasteiger partial charge in [-0.1, -0.05) is 36.4 Å². The summed E-state index contributed by atoms with van der Waals surface area (Å²) in [6.45, 7) is 3.74. The van der Waals surface area contributed by atoms with Gasteiger partial charge >= 0.3 is 0 Å². The van der Waals surface area contributed by atoms with Crippen molar-refractivity contribution in [2.75, 3.05) is 19.6 Å². The maximum atomic E-state index is 13.4. The Balaban J connectivity index is 1.13. The van der Waals surface area contributed by atoms with Crippen molar-refractivity contribution in [1.29, 1.82) is 5.26 Å². The summed E-state index contributed by atoms with van der Waals surface area (Å²) in [4.78, 5) is 34.3. The number of carbonyl (C=O) groups excluding carboxylic acids is 2. The zero-order valence-corrected chi connectivity index (χ0v) is 21.3. The number of aliphatic imine (C=N–C) groups is 1. The molecule has 3 aromatic carbocycles. The van der Waals surface area contributed by atoms with E-state index in [0.29, 0.717) is 38.0 Å². The van der Waals surface area contributed by atoms with Crippen LogP contribution < -0.4 is 0 Å². The highest BCUT2D eigenvalue weighted by atomic mass is 16.3. The molecule has 3 fully saturated rings. The van der Waals surface area contributed by atoms with Gasteiger partial charge in [0.25, 0.3) is 11.8 Å². The Labute approximate surface area is 221 Å². The Bertz CT molecular complexity index is 1600. The summed E-state index contributed by atoms with van der Waals surface area (Å²) in [6.07, 6.45) is 2.67. The minimum Gasteiger partial charge on any atom is -0.380 e. The van der Waals surface area contributed by atoms with Crippen molar-refractivity contribution in [3.8, 4) is 17.2 Å². The molecule has 7 heteroatoms. The number of nitriles is 1. The summed E-state index contributed by atoms with van der Waals surface area (Å²) in [5.74, 6) is 0.834. The predicted octanol–water partition coefficient (Wildman–Crippen LogP) is 3.79. The van der Waals surface area contributed by atoms with E-state index in [9.17, 15) is 14.7 Å². The largest absolute Gasteiger partial charge is 0.380 e. The van der Waals surface area contributed by atoms with Crippen molar-refractivity contribution in [3.05, 3.63) is 71.3 Å². The molecule has 1 N–H and O–H groups in total. The van der Waals surface area contributed by atoms with Gasteiger partial charge in [0.2, 0.25) is 0 Å². The zero-order chi connectivity index (χ0) is 26.2. The first-order valence-electron chi connectivity index (χ1n) is 13.3. The van der Waals surface area contributed by atoms with E-state index >= 15 is 0 Å². The third-order valence-electron chi connectivity index (χ3n) is 8.52. The van der Waals surface area contributed by atoms with Gasteiger partial charge in [-0.3, -0.25) is 19.5 Å². The Kier molecular flexibility index (Phi) is 4.86. The third-order valence-corrected chi connectivity index (χ3v) is 8.52. The molecule has 38 heavy (non-hydrogen) atoms. The van der Waals surface area contributed by atoms with Crippen molar-refractivity contribution in [3.63, 3.8) is 0 Å². The highest BCUT2D eigenvalue weighted by Gasteiger charge is 2.58. The van der Waals surface area contributed by atoms with Crippen LogP contribution in [0.15, 0.2) is 59.6 Å². The molecule has 0 aromatic heterocycles. The number of likely N-dealkylation sites (tertiary alicyclic amines) is 1. The molecular formula is C31H28N4O3. The Hall–Kier alpha value is -4.02. The first-order chi connectivity index (χ1) is 18.3. The van der Waals surface area contributed by atoms with E-state index in [2.05, 4.69) is 43.3 Å². The van der Waals surface area contributed by atoms with Crippen LogP contribution in [0.2, 0.25) is 0 Å². The molecule has 0 atom stereocenters. The van der Waals surface area contributed by atoms with Crippen LogP contribution in [0.5, 0.6) is 0 Å². The number of nitrogens with zero attached hydrogens (tertiary/aromatic N) is 4. The number of benzene rings is 3. The summed E-state index contributed by atoms with van der Waals surface area (Å²) in [6, 6.07) is 20.4. The Morgan fingerprint density at radius 3 is 2.39 bits per heavy atom. The number of hydrogen-bond acceptors (Lipinski definition) is 5. The molecule has 2 heterocycles. The van der Waals surface area contributed by atoms with Crippen LogP contribution in [0, 0.1) is 24.2 Å². The van der Waals surface area contributed by atoms with E-state index in [0.717, 1.165) is 51.7 Å². The molecule has 2 amide bonds. The first-order valence-corrected chi connectivity index (χ1v) is 13.3. The van der Waals surface area contributed by atoms with Crippen LogP contribution in [0.4, 0.5) is 0 Å². The van der Waals surface area contributed by atoms with Crippen LogP contribution in [0.3, 0.4) is 0 Å². The maximum Gasteiger partial charge on any atom is 0.256 e. The predicted molar refractivity (Wildman–Crippen MR) is 143 cm³/mol. The van der Waals surface area contributed by atoms with Gasteiger partial charge in [-0.2, -0.15) is 5.26 Å². The lowest BCUT2D eigenvalue weighted by molar-refractivity contribution is -0.149. The normalized spacial score (nSPS) is 20.9. The topological polar surface area (TPSA) is 97.0 Å². The Morgan fingerprint density at radius 1 is 1.03 bits per heavy atom. The van der Waals surface area contributed by atoms with Gasteiger partial charge in [-0.05, 0) is 78.3 Å². The van der Waals surface area contributed by atoms with Crippen molar-refractivity contribution in [2.24, 2.45) is 10.9 Å². The van der Waals surface area contributed by atoms with Gasteiger partial charge < -0.3 is 10.0 Å². The molecular weight excluding hydrogens is 476 g/mol. The van der Waals surface area contributed by atoms with E-state index in [1.54, 1.807) is 4.90 Å². The Morgan fingerprint density at radius 2 is 1.71 bits per heavy atom. The quantitative estimate of drug-likeness (QED) is 0.572. The highest BCUT2D eigenvalue weighted by Crippen LogP contribution is 2.47. The van der Waals surface area contributed by atoms with Crippen molar-refractivity contribution >= 4 is 28.4 Å². The fourth-order valence-corrected chi connectivity index (χ4v) is 5.80. The van der Waals surface area contributed by atoms with E-state index < -0.39 is 11.1 Å². The SMILES string of the molecule is Cc1cc(-c2ccc3cc(C#N)ccc3c2)ccc1C1=NC2(CC2)C(=O)N1CC1CN(C(=O)C2(O)CC2)C1. The van der Waals surface area contributed by atoms with Gasteiger partial charge in [0, 0.05) is 31.1 Å². The van der Waals surface area contributed by atoms with E-state index in [1.165, 1.54) is 0 Å². The molecule has 4 aliphatic rings. The maximum absolute atomic E-state index is 13.4. The number of carbonyl (C=O) groups is 2. The first kappa shape index (κ1) is 23.1. The van der Waals surface area contributed by atoms with Crippen LogP contribution in [0.25, 0.3) is 21.9 Å². The minimum absolute atomic E-state index is 0.0767. The van der Waals surface area contributed by atoms with E-state index in [1.807, 2.05) is 29.2 Å². The average Bonchev–Trinajstić information content (AvgIpc) is 3.82. The van der Waals surface area contributed by atoms with Crippen LogP contribution in [-0.2, 0) is 9.59 Å². The molecule has 0 radical (unpaired) electrons. The average molecular weight is 505 g/mol. The molecule has 0 unspecified atom stereocenters. The molecule has 2 aliphatic heterocycles. The standard InChI is InChI=1S/C31H28N4O3/c1-19-12-22(25-5-4-23-13-20(15-32)2-3-24(23)14-25)6-7-26(19)27-33-30(8-9-30)28(36)35(27)18-21-16-34(17-21)29(37)31(38)10-11-31/h2-7,12-14,21,38H,8-11,16-18H2,1H3. The van der Waals surface area contributed by atoms with Gasteiger partial charge in [0.15, 0.2) is 0 Å². The lowest BCUT2D eigenvalue weighted by Gasteiger charge is -2.42. The molecule has 3 aromatic rings. The van der Waals surface area contributed by atoms with Crippen molar-refractivity contribution in [2.45, 2.75) is 43.7 Å². The van der Waals surface area contributed by atoms with Gasteiger partial charge in [0.05, 0.1) is 11.6 Å². The zero-order valence-electron chi connectivity index (χ0n) is 21.3. The fraction of sp³-hybridized carbons (Fsp3) is 0.355. The molecule has 7 rings (SSSR count). The number of amidine groups is 1. The van der Waals surface area contributed by atoms with Crippen LogP contribution in [-0.4, -0.2) is 63.3 Å². The second-order valence-corrected chi connectivity index (χ2v) is 11.4. The molecule has 7 nitrogen and oxygen atoms in total. The minimum atomic E-state index is -1.14. The smallest absolute Gasteiger partial charge is 0.256 e. The van der Waals surface area contributed by atoms with Gasteiger partial charge in [0.1, 0.15) is 17.0 Å². The van der Waals surface area contributed by atoms with E-state index in [4.69, 9.17) is 10.3 Å². The van der Waals surface area contributed by atoms with Gasteiger partial charge in [-0.15, -0.1) is 0 Å². The summed E-state index contributed by atoms with van der Waals surface area (Å²) >= 11 is 0. The monoisotopic (exact) mass is 504 g/mol. The molecule has 2 aliphatic carbocycles. The van der Waals surface area contributed by atoms with Crippen molar-refractivity contribution < 1.29 is 14.7 Å². The number of aliphatic hydroxyl groups is 1. The number of fused-ring (bicyclic) bond motifs is 1. The van der Waals surface area contributed by atoms with Gasteiger partial charge in [-0.25, -0.2) is 0 Å². The van der Waals surface area contributed by atoms with Crippen LogP contribution >= 0.6 is 0 Å². The summed E-state index contributed by atoms with van der Waals surface area (Å²) in [7, 11) is 0. The number of hydrogen-bond donors (Lipinski definition) is 1. The second kappa shape index (κ2) is 7.99. The number of rotatable bonds is 5. The van der Waals surface area contributed by atoms with E-state index in [-0.39, 0.29) is 17.7 Å².